The van der Waals surface area contributed by atoms with E-state index in [1.54, 1.807) is 16.8 Å². The lowest BCUT2D eigenvalue weighted by molar-refractivity contribution is -0.0508. The standard InChI is InChI=1S/C11H13N3O4S/c15-3-6-8(16)9(17)11(18-6)14-4-13-7-5(14)1-2-12-10(7)19/h1-2,4,6,8-9,11,15-17H,3H2,(H,12,19)/t6-,8-,9+,11-/m1/s1. The second-order valence-corrected chi connectivity index (χ2v) is 4.83. The first-order valence-electron chi connectivity index (χ1n) is 5.80. The lowest BCUT2D eigenvalue weighted by Gasteiger charge is -2.16. The fourth-order valence-corrected chi connectivity index (χ4v) is 2.51. The van der Waals surface area contributed by atoms with Gasteiger partial charge in [0.15, 0.2) is 6.23 Å². The Hall–Kier alpha value is -1.32. The molecule has 0 amide bonds. The predicted molar refractivity (Wildman–Crippen MR) is 67.9 cm³/mol. The first-order valence-corrected chi connectivity index (χ1v) is 6.21. The van der Waals surface area contributed by atoms with Crippen LogP contribution in [-0.2, 0) is 4.74 Å². The molecule has 7 nitrogen and oxygen atoms in total. The zero-order valence-electron chi connectivity index (χ0n) is 9.80. The van der Waals surface area contributed by atoms with Gasteiger partial charge in [-0.15, -0.1) is 0 Å². The maximum atomic E-state index is 9.99. The predicted octanol–water partition coefficient (Wildman–Crippen LogP) is -0.295. The molecule has 2 aromatic heterocycles. The Morgan fingerprint density at radius 1 is 1.42 bits per heavy atom. The second-order valence-electron chi connectivity index (χ2n) is 4.42. The van der Waals surface area contributed by atoms with E-state index in [0.717, 1.165) is 0 Å². The highest BCUT2D eigenvalue weighted by atomic mass is 32.1. The van der Waals surface area contributed by atoms with Gasteiger partial charge in [0.25, 0.3) is 0 Å². The van der Waals surface area contributed by atoms with Crippen LogP contribution in [0.1, 0.15) is 6.23 Å². The quantitative estimate of drug-likeness (QED) is 0.565. The number of aromatic nitrogens is 3. The van der Waals surface area contributed by atoms with Crippen LogP contribution in [0.5, 0.6) is 0 Å². The highest BCUT2D eigenvalue weighted by molar-refractivity contribution is 7.71. The van der Waals surface area contributed by atoms with E-state index in [1.807, 2.05) is 0 Å². The summed E-state index contributed by atoms with van der Waals surface area (Å²) >= 11 is 5.12. The van der Waals surface area contributed by atoms with Crippen LogP contribution in [0.4, 0.5) is 0 Å². The van der Waals surface area contributed by atoms with Crippen molar-refractivity contribution in [2.75, 3.05) is 6.61 Å². The summed E-state index contributed by atoms with van der Waals surface area (Å²) in [5.41, 5.74) is 1.29. The van der Waals surface area contributed by atoms with E-state index in [4.69, 9.17) is 22.1 Å². The number of fused-ring (bicyclic) bond motifs is 1. The van der Waals surface area contributed by atoms with Gasteiger partial charge in [-0.3, -0.25) is 0 Å². The minimum atomic E-state index is -1.13. The van der Waals surface area contributed by atoms with Gasteiger partial charge in [-0.1, -0.05) is 12.2 Å². The summed E-state index contributed by atoms with van der Waals surface area (Å²) < 4.78 is 7.54. The Kier molecular flexibility index (Phi) is 3.11. The Morgan fingerprint density at radius 2 is 2.21 bits per heavy atom. The van der Waals surface area contributed by atoms with Crippen molar-refractivity contribution in [1.29, 1.82) is 0 Å². The van der Waals surface area contributed by atoms with Gasteiger partial charge in [0.05, 0.1) is 18.5 Å². The third-order valence-electron chi connectivity index (χ3n) is 3.29. The molecule has 4 atom stereocenters. The van der Waals surface area contributed by atoms with Crippen molar-refractivity contribution in [3.05, 3.63) is 23.2 Å². The normalized spacial score (nSPS) is 31.1. The molecule has 3 rings (SSSR count). The number of nitrogens with zero attached hydrogens (tertiary/aromatic N) is 2. The minimum Gasteiger partial charge on any atom is -0.394 e. The van der Waals surface area contributed by atoms with Gasteiger partial charge in [-0.25, -0.2) is 4.98 Å². The van der Waals surface area contributed by atoms with Crippen molar-refractivity contribution >= 4 is 23.3 Å². The Balaban J connectivity index is 2.06. The molecule has 8 heteroatoms. The molecule has 0 unspecified atom stereocenters. The number of imidazole rings is 1. The zero-order chi connectivity index (χ0) is 13.6. The molecule has 102 valence electrons. The molecule has 0 aliphatic carbocycles. The van der Waals surface area contributed by atoms with Crippen LogP contribution in [-0.4, -0.2) is 54.8 Å². The van der Waals surface area contributed by atoms with Crippen molar-refractivity contribution in [3.63, 3.8) is 0 Å². The summed E-state index contributed by atoms with van der Waals surface area (Å²) in [7, 11) is 0. The molecule has 0 bridgehead atoms. The lowest BCUT2D eigenvalue weighted by Crippen LogP contribution is -2.33. The molecule has 0 spiro atoms. The van der Waals surface area contributed by atoms with Crippen molar-refractivity contribution in [1.82, 2.24) is 14.5 Å². The number of aliphatic hydroxyl groups excluding tert-OH is 3. The van der Waals surface area contributed by atoms with Crippen molar-refractivity contribution in [2.24, 2.45) is 0 Å². The van der Waals surface area contributed by atoms with E-state index < -0.39 is 24.5 Å². The molecule has 2 aromatic rings. The van der Waals surface area contributed by atoms with Crippen LogP contribution >= 0.6 is 12.2 Å². The van der Waals surface area contributed by atoms with Crippen LogP contribution < -0.4 is 0 Å². The van der Waals surface area contributed by atoms with Gasteiger partial charge in [0.2, 0.25) is 0 Å². The van der Waals surface area contributed by atoms with Crippen LogP contribution in [0.15, 0.2) is 18.6 Å². The summed E-state index contributed by atoms with van der Waals surface area (Å²) in [5.74, 6) is 0. The maximum absolute atomic E-state index is 9.99. The SMILES string of the molecule is OC[C@H]1O[C@@H](n2cnc3c(=S)[nH]ccc32)[C@@H](O)[C@@H]1O. The molecule has 19 heavy (non-hydrogen) atoms. The molecule has 4 N–H and O–H groups in total. The number of aliphatic hydroxyl groups is 3. The van der Waals surface area contributed by atoms with Gasteiger partial charge >= 0.3 is 0 Å². The number of ether oxygens (including phenoxy) is 1. The monoisotopic (exact) mass is 283 g/mol. The number of hydrogen-bond acceptors (Lipinski definition) is 6. The first kappa shape index (κ1) is 12.7. The molecular formula is C11H13N3O4S. The smallest absolute Gasteiger partial charge is 0.164 e. The summed E-state index contributed by atoms with van der Waals surface area (Å²) in [4.78, 5) is 7.03. The average molecular weight is 283 g/mol. The summed E-state index contributed by atoms with van der Waals surface area (Å²) in [6, 6.07) is 1.76. The number of aromatic amines is 1. The van der Waals surface area contributed by atoms with Gasteiger partial charge in [-0.05, 0) is 6.07 Å². The summed E-state index contributed by atoms with van der Waals surface area (Å²) in [6.07, 6.45) is -0.707. The minimum absolute atomic E-state index is 0.360. The number of hydrogen-bond donors (Lipinski definition) is 4. The molecular weight excluding hydrogens is 270 g/mol. The van der Waals surface area contributed by atoms with Crippen molar-refractivity contribution < 1.29 is 20.1 Å². The fourth-order valence-electron chi connectivity index (χ4n) is 2.29. The van der Waals surface area contributed by atoms with E-state index in [1.165, 1.54) is 6.33 Å². The molecule has 1 fully saturated rings. The largest absolute Gasteiger partial charge is 0.394 e. The zero-order valence-corrected chi connectivity index (χ0v) is 10.6. The van der Waals surface area contributed by atoms with Gasteiger partial charge < -0.3 is 29.6 Å². The van der Waals surface area contributed by atoms with Crippen molar-refractivity contribution in [3.8, 4) is 0 Å². The topological polar surface area (TPSA) is 104 Å². The third-order valence-corrected chi connectivity index (χ3v) is 3.61. The van der Waals surface area contributed by atoms with Crippen LogP contribution in [0.2, 0.25) is 0 Å². The molecule has 0 saturated carbocycles. The van der Waals surface area contributed by atoms with Crippen LogP contribution in [0, 0.1) is 4.64 Å². The molecule has 1 saturated heterocycles. The van der Waals surface area contributed by atoms with E-state index in [0.29, 0.717) is 15.7 Å². The Labute approximate surface area is 113 Å². The van der Waals surface area contributed by atoms with E-state index in [9.17, 15) is 10.2 Å². The second kappa shape index (κ2) is 4.66. The van der Waals surface area contributed by atoms with Gasteiger partial charge in [0, 0.05) is 6.20 Å². The van der Waals surface area contributed by atoms with Gasteiger partial charge in [-0.2, -0.15) is 0 Å². The highest BCUT2D eigenvalue weighted by Crippen LogP contribution is 2.31. The van der Waals surface area contributed by atoms with Crippen LogP contribution in [0.3, 0.4) is 0 Å². The average Bonchev–Trinajstić information content (AvgIpc) is 2.94. The van der Waals surface area contributed by atoms with E-state index in [2.05, 4.69) is 9.97 Å². The third kappa shape index (κ3) is 1.88. The Morgan fingerprint density at radius 3 is 2.89 bits per heavy atom. The Bertz CT molecular complexity index is 655. The molecule has 1 aliphatic heterocycles. The summed E-state index contributed by atoms with van der Waals surface area (Å²) in [5, 5.41) is 28.8. The van der Waals surface area contributed by atoms with E-state index in [-0.39, 0.29) is 6.61 Å². The highest BCUT2D eigenvalue weighted by Gasteiger charge is 2.43. The van der Waals surface area contributed by atoms with E-state index >= 15 is 0 Å². The fraction of sp³-hybridized carbons (Fsp3) is 0.455. The summed E-state index contributed by atoms with van der Waals surface area (Å²) in [6.45, 7) is -0.360. The van der Waals surface area contributed by atoms with Crippen molar-refractivity contribution in [2.45, 2.75) is 24.5 Å². The van der Waals surface area contributed by atoms with Gasteiger partial charge in [0.1, 0.15) is 28.5 Å². The number of H-pyrrole nitrogens is 1. The van der Waals surface area contributed by atoms with Crippen LogP contribution in [0.25, 0.3) is 11.0 Å². The molecule has 0 radical (unpaired) electrons. The first-order chi connectivity index (χ1) is 9.13. The maximum Gasteiger partial charge on any atom is 0.164 e. The number of pyridine rings is 1. The number of nitrogens with one attached hydrogen (secondary N) is 1. The molecule has 0 aromatic carbocycles. The molecule has 3 heterocycles. The number of rotatable bonds is 2. The molecule has 1 aliphatic rings. The lowest BCUT2D eigenvalue weighted by atomic mass is 10.1.